The van der Waals surface area contributed by atoms with Gasteiger partial charge in [0.25, 0.3) is 0 Å². The number of rotatable bonds is 1. The molecule has 0 saturated heterocycles. The molecule has 0 aromatic heterocycles. The highest BCUT2D eigenvalue weighted by atomic mass is 79.9. The lowest BCUT2D eigenvalue weighted by atomic mass is 9.83. The first kappa shape index (κ1) is 13.7. The molecular formula is C14H20BrNO2. The third-order valence-corrected chi connectivity index (χ3v) is 3.82. The monoisotopic (exact) mass is 313 g/mol. The van der Waals surface area contributed by atoms with E-state index < -0.39 is 0 Å². The molecule has 100 valence electrons. The average molecular weight is 314 g/mol. The fourth-order valence-corrected chi connectivity index (χ4v) is 2.47. The van der Waals surface area contributed by atoms with Crippen molar-refractivity contribution in [2.75, 3.05) is 13.2 Å². The summed E-state index contributed by atoms with van der Waals surface area (Å²) < 4.78 is 12.3. The van der Waals surface area contributed by atoms with Gasteiger partial charge in [-0.05, 0) is 23.1 Å². The van der Waals surface area contributed by atoms with E-state index in [1.807, 2.05) is 12.1 Å². The number of fused-ring (bicyclic) bond motifs is 1. The molecule has 0 fully saturated rings. The number of hydrogen-bond donors (Lipinski definition) is 1. The van der Waals surface area contributed by atoms with Crippen molar-refractivity contribution < 1.29 is 9.47 Å². The number of benzene rings is 1. The summed E-state index contributed by atoms with van der Waals surface area (Å²) in [6.45, 7) is 7.79. The molecule has 0 saturated carbocycles. The molecule has 1 aromatic rings. The first-order chi connectivity index (χ1) is 8.39. The Hall–Kier alpha value is -0.740. The largest absolute Gasteiger partial charge is 0.490 e. The number of halogens is 1. The van der Waals surface area contributed by atoms with E-state index in [1.165, 1.54) is 0 Å². The maximum absolute atomic E-state index is 6.32. The lowest BCUT2D eigenvalue weighted by Crippen LogP contribution is -2.26. The second-order valence-electron chi connectivity index (χ2n) is 5.71. The summed E-state index contributed by atoms with van der Waals surface area (Å²) in [5.74, 6) is 1.59. The first-order valence-electron chi connectivity index (χ1n) is 6.24. The van der Waals surface area contributed by atoms with Gasteiger partial charge in [-0.1, -0.05) is 36.7 Å². The topological polar surface area (TPSA) is 44.5 Å². The standard InChI is InChI=1S/C14H20BrNO2/c1-14(2,3)13(16)9-7-11-12(8-10(9)15)18-6-4-5-17-11/h7-8,13H,4-6,16H2,1-3H3. The van der Waals surface area contributed by atoms with Crippen LogP contribution in [0.3, 0.4) is 0 Å². The molecule has 0 radical (unpaired) electrons. The normalized spacial score (nSPS) is 17.2. The fourth-order valence-electron chi connectivity index (χ4n) is 1.90. The van der Waals surface area contributed by atoms with E-state index in [0.717, 1.165) is 28.0 Å². The van der Waals surface area contributed by atoms with E-state index in [4.69, 9.17) is 15.2 Å². The van der Waals surface area contributed by atoms with Crippen LogP contribution in [0.2, 0.25) is 0 Å². The summed E-state index contributed by atoms with van der Waals surface area (Å²) in [5.41, 5.74) is 7.38. The zero-order valence-corrected chi connectivity index (χ0v) is 12.7. The molecule has 1 unspecified atom stereocenters. The van der Waals surface area contributed by atoms with Crippen molar-refractivity contribution >= 4 is 15.9 Å². The summed E-state index contributed by atoms with van der Waals surface area (Å²) in [7, 11) is 0. The van der Waals surface area contributed by atoms with Gasteiger partial charge in [0.1, 0.15) is 0 Å². The van der Waals surface area contributed by atoms with Crippen molar-refractivity contribution in [2.24, 2.45) is 11.1 Å². The van der Waals surface area contributed by atoms with Crippen LogP contribution < -0.4 is 15.2 Å². The maximum Gasteiger partial charge on any atom is 0.162 e. The molecule has 0 amide bonds. The Balaban J connectivity index is 2.41. The summed E-state index contributed by atoms with van der Waals surface area (Å²) >= 11 is 3.58. The van der Waals surface area contributed by atoms with Gasteiger partial charge >= 0.3 is 0 Å². The van der Waals surface area contributed by atoms with Crippen molar-refractivity contribution in [1.29, 1.82) is 0 Å². The molecule has 18 heavy (non-hydrogen) atoms. The molecule has 1 heterocycles. The van der Waals surface area contributed by atoms with Gasteiger partial charge < -0.3 is 15.2 Å². The molecule has 0 spiro atoms. The Morgan fingerprint density at radius 2 is 1.72 bits per heavy atom. The zero-order chi connectivity index (χ0) is 13.3. The second kappa shape index (κ2) is 5.10. The number of nitrogens with two attached hydrogens (primary N) is 1. The predicted molar refractivity (Wildman–Crippen MR) is 76.1 cm³/mol. The molecule has 3 nitrogen and oxygen atoms in total. The van der Waals surface area contributed by atoms with Crippen LogP contribution in [0.4, 0.5) is 0 Å². The van der Waals surface area contributed by atoms with Gasteiger partial charge in [0, 0.05) is 16.9 Å². The summed E-state index contributed by atoms with van der Waals surface area (Å²) in [5, 5.41) is 0. The van der Waals surface area contributed by atoms with Crippen molar-refractivity contribution in [3.63, 3.8) is 0 Å². The van der Waals surface area contributed by atoms with Crippen LogP contribution in [0.1, 0.15) is 38.8 Å². The molecule has 0 bridgehead atoms. The van der Waals surface area contributed by atoms with Crippen LogP contribution in [-0.4, -0.2) is 13.2 Å². The van der Waals surface area contributed by atoms with E-state index in [0.29, 0.717) is 13.2 Å². The van der Waals surface area contributed by atoms with E-state index in [1.54, 1.807) is 0 Å². The third-order valence-electron chi connectivity index (χ3n) is 3.13. The Bertz CT molecular complexity index is 440. The van der Waals surface area contributed by atoms with Gasteiger partial charge in [-0.3, -0.25) is 0 Å². The maximum atomic E-state index is 6.32. The van der Waals surface area contributed by atoms with Crippen molar-refractivity contribution in [2.45, 2.75) is 33.2 Å². The van der Waals surface area contributed by atoms with Gasteiger partial charge in [0.2, 0.25) is 0 Å². The van der Waals surface area contributed by atoms with E-state index in [2.05, 4.69) is 36.7 Å². The molecule has 1 aromatic carbocycles. The van der Waals surface area contributed by atoms with Gasteiger partial charge in [-0.25, -0.2) is 0 Å². The predicted octanol–water partition coefficient (Wildman–Crippen LogP) is 3.66. The Kier molecular flexibility index (Phi) is 3.87. The van der Waals surface area contributed by atoms with Gasteiger partial charge in [-0.2, -0.15) is 0 Å². The lowest BCUT2D eigenvalue weighted by molar-refractivity contribution is 0.296. The minimum absolute atomic E-state index is 0.00232. The van der Waals surface area contributed by atoms with Crippen molar-refractivity contribution in [3.8, 4) is 11.5 Å². The van der Waals surface area contributed by atoms with E-state index >= 15 is 0 Å². The second-order valence-corrected chi connectivity index (χ2v) is 6.57. The zero-order valence-electron chi connectivity index (χ0n) is 11.1. The van der Waals surface area contributed by atoms with Crippen LogP contribution in [-0.2, 0) is 0 Å². The molecule has 0 aliphatic carbocycles. The van der Waals surface area contributed by atoms with Crippen molar-refractivity contribution in [1.82, 2.24) is 0 Å². The van der Waals surface area contributed by atoms with Gasteiger partial charge in [0.15, 0.2) is 11.5 Å². The van der Waals surface area contributed by atoms with Crippen molar-refractivity contribution in [3.05, 3.63) is 22.2 Å². The first-order valence-corrected chi connectivity index (χ1v) is 7.03. The number of hydrogen-bond acceptors (Lipinski definition) is 3. The van der Waals surface area contributed by atoms with Crippen LogP contribution in [0.25, 0.3) is 0 Å². The van der Waals surface area contributed by atoms with Crippen LogP contribution in [0.15, 0.2) is 16.6 Å². The molecule has 4 heteroatoms. The fraction of sp³-hybridized carbons (Fsp3) is 0.571. The van der Waals surface area contributed by atoms with Crippen LogP contribution in [0, 0.1) is 5.41 Å². The van der Waals surface area contributed by atoms with E-state index in [9.17, 15) is 0 Å². The highest BCUT2D eigenvalue weighted by Gasteiger charge is 2.26. The Morgan fingerprint density at radius 1 is 1.17 bits per heavy atom. The molecular weight excluding hydrogens is 294 g/mol. The SMILES string of the molecule is CC(C)(C)C(N)c1cc2c(cc1Br)OCCCO2. The minimum atomic E-state index is -0.0518. The molecule has 1 aliphatic heterocycles. The van der Waals surface area contributed by atoms with Gasteiger partial charge in [0.05, 0.1) is 13.2 Å². The molecule has 2 N–H and O–H groups in total. The molecule has 1 atom stereocenters. The average Bonchev–Trinajstić information content (AvgIpc) is 2.50. The Labute approximate surface area is 117 Å². The minimum Gasteiger partial charge on any atom is -0.490 e. The molecule has 1 aliphatic rings. The van der Waals surface area contributed by atoms with Crippen LogP contribution in [0.5, 0.6) is 11.5 Å². The quantitative estimate of drug-likeness (QED) is 0.860. The number of ether oxygens (including phenoxy) is 2. The smallest absolute Gasteiger partial charge is 0.162 e. The third kappa shape index (κ3) is 2.81. The van der Waals surface area contributed by atoms with Gasteiger partial charge in [-0.15, -0.1) is 0 Å². The lowest BCUT2D eigenvalue weighted by Gasteiger charge is -2.28. The Morgan fingerprint density at radius 3 is 2.28 bits per heavy atom. The highest BCUT2D eigenvalue weighted by Crippen LogP contribution is 2.41. The summed E-state index contributed by atoms with van der Waals surface area (Å²) in [6, 6.07) is 3.91. The van der Waals surface area contributed by atoms with E-state index in [-0.39, 0.29) is 11.5 Å². The highest BCUT2D eigenvalue weighted by molar-refractivity contribution is 9.10. The molecule has 2 rings (SSSR count). The summed E-state index contributed by atoms with van der Waals surface area (Å²) in [4.78, 5) is 0. The van der Waals surface area contributed by atoms with Crippen LogP contribution >= 0.6 is 15.9 Å². The summed E-state index contributed by atoms with van der Waals surface area (Å²) in [6.07, 6.45) is 0.910.